The summed E-state index contributed by atoms with van der Waals surface area (Å²) in [7, 11) is 0. The molecule has 0 N–H and O–H groups in total. The first kappa shape index (κ1) is 70.2. The van der Waals surface area contributed by atoms with E-state index in [2.05, 4.69) is 336 Å². The van der Waals surface area contributed by atoms with Gasteiger partial charge in [0.1, 0.15) is 11.4 Å². The van der Waals surface area contributed by atoms with Crippen LogP contribution in [0, 0.1) is 0 Å². The molecule has 4 aromatic heterocycles. The van der Waals surface area contributed by atoms with Crippen LogP contribution in [0.3, 0.4) is 0 Å². The van der Waals surface area contributed by atoms with E-state index in [9.17, 15) is 0 Å². The van der Waals surface area contributed by atoms with Gasteiger partial charge in [0.2, 0.25) is 0 Å². The molecule has 0 fully saturated rings. The summed E-state index contributed by atoms with van der Waals surface area (Å²) < 4.78 is 0. The van der Waals surface area contributed by atoms with E-state index in [0.717, 1.165) is 100 Å². The van der Waals surface area contributed by atoms with Crippen LogP contribution in [0.4, 0.5) is 0 Å². The third-order valence-electron chi connectivity index (χ3n) is 19.4. The van der Waals surface area contributed by atoms with Crippen LogP contribution < -0.4 is 9.97 Å². The van der Waals surface area contributed by atoms with Crippen molar-refractivity contribution in [1.82, 2.24) is 29.9 Å². The Morgan fingerprint density at radius 1 is 0.216 bits per heavy atom. The fourth-order valence-electron chi connectivity index (χ4n) is 13.1. The zero-order chi connectivity index (χ0) is 69.4. The Morgan fingerprint density at radius 3 is 0.670 bits per heavy atom. The van der Waals surface area contributed by atoms with Gasteiger partial charge >= 0.3 is 19.5 Å². The van der Waals surface area contributed by atoms with Crippen molar-refractivity contribution in [1.29, 1.82) is 0 Å². The van der Waals surface area contributed by atoms with Crippen LogP contribution in [0.15, 0.2) is 158 Å². The van der Waals surface area contributed by atoms with E-state index in [4.69, 9.17) is 29.9 Å². The smallest absolute Gasteiger partial charge is 0.657 e. The standard InChI is InChI=1S/C90H100N6.Zn/c1-83(2,3)59-41-55(42-60(49-59)84(4,5)6)73-67-35-36-68(91-67)74(56-43-61(85(7,8)9)50-62(44-56)86(10,11)12)70-38-40-72(93-70)76(58-47-65(89(19,20)21)52-66(48-58)90(22,23)24)80-82-81(94-77(53-31-27-25-28-32-53)78(95-82)54-33-29-26-30-34-54)79(96-80)75(71-39-37-69(73)92-71)57-45-63(87(13,14)15)51-64(46-57)88(16,17)18;/h25-52H,1-24H3;/q-2;+2. The van der Waals surface area contributed by atoms with Gasteiger partial charge in [-0.1, -0.05) is 324 Å². The van der Waals surface area contributed by atoms with Crippen molar-refractivity contribution < 1.29 is 19.5 Å². The number of rotatable bonds is 6. The minimum absolute atomic E-state index is 0. The second-order valence-corrected chi connectivity index (χ2v) is 35.5. The average Bonchev–Trinajstić information content (AvgIpc) is 1.59. The zero-order valence-electron chi connectivity index (χ0n) is 62.6. The van der Waals surface area contributed by atoms with Gasteiger partial charge in [-0.05, 0) is 144 Å². The van der Waals surface area contributed by atoms with Gasteiger partial charge in [-0.25, -0.2) is 19.9 Å². The summed E-state index contributed by atoms with van der Waals surface area (Å²) in [6, 6.07) is 58.6. The van der Waals surface area contributed by atoms with Crippen molar-refractivity contribution in [2.24, 2.45) is 0 Å². The first-order valence-electron chi connectivity index (χ1n) is 34.7. The number of nitrogens with zero attached hydrogens (tertiary/aromatic N) is 6. The summed E-state index contributed by atoms with van der Waals surface area (Å²) >= 11 is 0. The van der Waals surface area contributed by atoms with Crippen LogP contribution in [-0.4, -0.2) is 19.9 Å². The quantitative estimate of drug-likeness (QED) is 0.154. The molecule has 0 radical (unpaired) electrons. The fraction of sp³-hybridized carbons (Fsp3) is 0.356. The predicted octanol–water partition coefficient (Wildman–Crippen LogP) is 24.2. The molecule has 492 valence electrons. The molecule has 7 heteroatoms. The molecule has 6 aromatic carbocycles. The molecule has 8 bridgehead atoms. The Balaban J connectivity index is 0.00000954. The van der Waals surface area contributed by atoms with E-state index in [1.807, 2.05) is 0 Å². The second-order valence-electron chi connectivity index (χ2n) is 35.5. The van der Waals surface area contributed by atoms with E-state index in [1.54, 1.807) is 0 Å². The first-order chi connectivity index (χ1) is 44.6. The number of aromatic nitrogens is 6. The molecule has 0 atom stereocenters. The van der Waals surface area contributed by atoms with Crippen molar-refractivity contribution in [3.8, 4) is 89.8 Å². The molecule has 0 unspecified atom stereocenters. The van der Waals surface area contributed by atoms with Crippen molar-refractivity contribution in [3.05, 3.63) is 214 Å². The molecule has 12 rings (SSSR count). The van der Waals surface area contributed by atoms with E-state index in [0.29, 0.717) is 22.8 Å². The molecule has 0 amide bonds. The van der Waals surface area contributed by atoms with E-state index in [1.165, 1.54) is 44.5 Å². The number of hydrogen-bond acceptors (Lipinski definition) is 4. The van der Waals surface area contributed by atoms with Gasteiger partial charge in [-0.15, -0.1) is 22.1 Å². The SMILES string of the molecule is CC(C)(C)c1cc(-c2c3nc(c(-c4cc(C(C)(C)C)cc(C(C)(C)C)c4)c4ccc([n-]4)c(-c4cc(C(C)(C)C)cc(C(C)(C)C)c4)c4nc(c(-c5cc(C(C)(C)C)cc(C(C)(C)C)c5)c5ccc2[n-]5)-c2nc(-c5ccccc5)c(-c5ccccc5)nc2-4)C=C3)cc(C(C)(C)C)c1.[Zn+2]. The number of benzene rings is 6. The minimum Gasteiger partial charge on any atom is -0.657 e. The average molecular weight is 1330 g/mol. The van der Waals surface area contributed by atoms with Crippen molar-refractivity contribution in [2.45, 2.75) is 209 Å². The van der Waals surface area contributed by atoms with Gasteiger partial charge in [0.25, 0.3) is 0 Å². The van der Waals surface area contributed by atoms with Crippen molar-refractivity contribution >= 4 is 34.2 Å². The summed E-state index contributed by atoms with van der Waals surface area (Å²) in [6.45, 7) is 55.5. The Bertz CT molecular complexity index is 4480. The van der Waals surface area contributed by atoms with Gasteiger partial charge < -0.3 is 9.97 Å². The maximum Gasteiger partial charge on any atom is 2.00 e. The van der Waals surface area contributed by atoms with Gasteiger partial charge in [0, 0.05) is 11.1 Å². The second kappa shape index (κ2) is 24.7. The predicted molar refractivity (Wildman–Crippen MR) is 410 cm³/mol. The number of fused-ring (bicyclic) bond motifs is 11. The molecule has 6 heterocycles. The summed E-state index contributed by atoms with van der Waals surface area (Å²) in [6.07, 6.45) is 4.44. The summed E-state index contributed by atoms with van der Waals surface area (Å²) in [5.41, 5.74) is 27.1. The molecule has 0 aliphatic carbocycles. The third kappa shape index (κ3) is 14.0. The fourth-order valence-corrected chi connectivity index (χ4v) is 13.1. The molecule has 0 saturated heterocycles. The van der Waals surface area contributed by atoms with Gasteiger partial charge in [-0.2, -0.15) is 0 Å². The van der Waals surface area contributed by atoms with E-state index >= 15 is 0 Å². The Labute approximate surface area is 592 Å². The summed E-state index contributed by atoms with van der Waals surface area (Å²) in [5.74, 6) is 0. The van der Waals surface area contributed by atoms with Crippen LogP contribution in [0.2, 0.25) is 0 Å². The molecule has 0 saturated carbocycles. The molecular formula is C90H100N6Zn. The minimum atomic E-state index is -0.217. The van der Waals surface area contributed by atoms with Crippen LogP contribution in [0.25, 0.3) is 124 Å². The summed E-state index contributed by atoms with van der Waals surface area (Å²) in [4.78, 5) is 36.3. The Hall–Kier alpha value is -8.12. The third-order valence-corrected chi connectivity index (χ3v) is 19.4. The van der Waals surface area contributed by atoms with Crippen LogP contribution >= 0.6 is 0 Å². The molecule has 6 nitrogen and oxygen atoms in total. The molecule has 0 spiro atoms. The Kier molecular flexibility index (Phi) is 17.9. The topological polar surface area (TPSA) is 79.8 Å². The van der Waals surface area contributed by atoms with E-state index in [-0.39, 0.29) is 62.8 Å². The van der Waals surface area contributed by atoms with Crippen LogP contribution in [-0.2, 0) is 62.8 Å². The number of hydrogen-bond donors (Lipinski definition) is 0. The molecule has 2 aliphatic rings. The Morgan fingerprint density at radius 2 is 0.433 bits per heavy atom. The van der Waals surface area contributed by atoms with Gasteiger partial charge in [0.05, 0.1) is 34.2 Å². The summed E-state index contributed by atoms with van der Waals surface area (Å²) in [5, 5.41) is 0. The molecular weight excluding hydrogens is 1230 g/mol. The van der Waals surface area contributed by atoms with Crippen molar-refractivity contribution in [2.75, 3.05) is 0 Å². The molecule has 97 heavy (non-hydrogen) atoms. The molecule has 2 aliphatic heterocycles. The maximum absolute atomic E-state index is 6.25. The van der Waals surface area contributed by atoms with Gasteiger partial charge in [-0.3, -0.25) is 0 Å². The monoisotopic (exact) mass is 1330 g/mol. The van der Waals surface area contributed by atoms with Crippen LogP contribution in [0.1, 0.15) is 222 Å². The zero-order valence-corrected chi connectivity index (χ0v) is 65.5. The first-order valence-corrected chi connectivity index (χ1v) is 34.7. The van der Waals surface area contributed by atoms with E-state index < -0.39 is 0 Å². The van der Waals surface area contributed by atoms with Gasteiger partial charge in [0.15, 0.2) is 0 Å². The van der Waals surface area contributed by atoms with Crippen molar-refractivity contribution in [3.63, 3.8) is 0 Å². The maximum atomic E-state index is 6.25. The normalized spacial score (nSPS) is 13.2. The largest absolute Gasteiger partial charge is 2.00 e. The molecule has 10 aromatic rings. The van der Waals surface area contributed by atoms with Crippen LogP contribution in [0.5, 0.6) is 0 Å².